The molecule has 128 valence electrons. The van der Waals surface area contributed by atoms with Gasteiger partial charge in [0.15, 0.2) is 5.78 Å². The summed E-state index contributed by atoms with van der Waals surface area (Å²) in [5.41, 5.74) is 4.84. The van der Waals surface area contributed by atoms with Crippen LogP contribution in [0.2, 0.25) is 10.0 Å². The molecule has 3 aromatic rings. The summed E-state index contributed by atoms with van der Waals surface area (Å²) in [5.74, 6) is -1.61. The minimum Gasteiger partial charge on any atom is -0.478 e. The van der Waals surface area contributed by atoms with Crippen molar-refractivity contribution in [3.63, 3.8) is 0 Å². The van der Waals surface area contributed by atoms with Crippen molar-refractivity contribution in [1.82, 2.24) is 0 Å². The summed E-state index contributed by atoms with van der Waals surface area (Å²) >= 11 is 11.9. The quantitative estimate of drug-likeness (QED) is 0.476. The zero-order valence-electron chi connectivity index (χ0n) is 13.4. The number of fused-ring (bicyclic) bond motifs is 3. The van der Waals surface area contributed by atoms with E-state index in [-0.39, 0.29) is 27.0 Å². The Morgan fingerprint density at radius 2 is 1.46 bits per heavy atom. The van der Waals surface area contributed by atoms with E-state index in [0.717, 1.165) is 17.5 Å². The number of benzene rings is 3. The van der Waals surface area contributed by atoms with Gasteiger partial charge in [-0.25, -0.2) is 4.79 Å². The van der Waals surface area contributed by atoms with Crippen LogP contribution in [0.1, 0.15) is 37.4 Å². The van der Waals surface area contributed by atoms with Crippen molar-refractivity contribution in [2.24, 2.45) is 0 Å². The first-order valence-corrected chi connectivity index (χ1v) is 8.69. The largest absolute Gasteiger partial charge is 0.478 e. The lowest BCUT2D eigenvalue weighted by Gasteiger charge is -2.09. The zero-order valence-corrected chi connectivity index (χ0v) is 14.9. The van der Waals surface area contributed by atoms with Crippen LogP contribution in [0.4, 0.5) is 0 Å². The van der Waals surface area contributed by atoms with Crippen LogP contribution in [-0.2, 0) is 6.42 Å². The third-order valence-corrected chi connectivity index (χ3v) is 5.31. The molecule has 5 heteroatoms. The number of rotatable bonds is 3. The molecular weight excluding hydrogens is 371 g/mol. The fraction of sp³-hybridized carbons (Fsp3) is 0.0476. The average molecular weight is 383 g/mol. The third-order valence-electron chi connectivity index (χ3n) is 4.59. The lowest BCUT2D eigenvalue weighted by atomic mass is 9.95. The van der Waals surface area contributed by atoms with Gasteiger partial charge < -0.3 is 5.11 Å². The Morgan fingerprint density at radius 3 is 2.19 bits per heavy atom. The Bertz CT molecular complexity index is 1090. The first kappa shape index (κ1) is 16.8. The summed E-state index contributed by atoms with van der Waals surface area (Å²) in [6.07, 6.45) is 0.750. The van der Waals surface area contributed by atoms with Gasteiger partial charge in [0.1, 0.15) is 0 Å². The van der Waals surface area contributed by atoms with Gasteiger partial charge in [-0.3, -0.25) is 4.79 Å². The number of ketones is 1. The highest BCUT2D eigenvalue weighted by molar-refractivity contribution is 6.42. The SMILES string of the molecule is O=C(O)c1cc(Cl)c(Cl)cc1C(=O)c1ccc2c(c1)Cc1ccccc1-2. The lowest BCUT2D eigenvalue weighted by molar-refractivity contribution is 0.0693. The topological polar surface area (TPSA) is 54.4 Å². The Hall–Kier alpha value is -2.62. The van der Waals surface area contributed by atoms with E-state index in [9.17, 15) is 14.7 Å². The lowest BCUT2D eigenvalue weighted by Crippen LogP contribution is -2.10. The van der Waals surface area contributed by atoms with E-state index >= 15 is 0 Å². The first-order chi connectivity index (χ1) is 12.5. The van der Waals surface area contributed by atoms with Crippen LogP contribution in [0.15, 0.2) is 54.6 Å². The first-order valence-electron chi connectivity index (χ1n) is 7.94. The fourth-order valence-electron chi connectivity index (χ4n) is 3.35. The molecule has 1 aliphatic rings. The summed E-state index contributed by atoms with van der Waals surface area (Å²) < 4.78 is 0. The smallest absolute Gasteiger partial charge is 0.336 e. The number of aromatic carboxylic acids is 1. The molecule has 0 fully saturated rings. The van der Waals surface area contributed by atoms with Gasteiger partial charge in [0.25, 0.3) is 0 Å². The van der Waals surface area contributed by atoms with Gasteiger partial charge in [0.05, 0.1) is 15.6 Å². The maximum atomic E-state index is 12.9. The Labute approximate surface area is 159 Å². The van der Waals surface area contributed by atoms with Crippen LogP contribution in [0.5, 0.6) is 0 Å². The Kier molecular flexibility index (Phi) is 4.06. The van der Waals surface area contributed by atoms with E-state index in [1.54, 1.807) is 6.07 Å². The maximum absolute atomic E-state index is 12.9. The minimum absolute atomic E-state index is 0.0300. The molecular formula is C21H12Cl2O3. The Morgan fingerprint density at radius 1 is 0.808 bits per heavy atom. The summed E-state index contributed by atoms with van der Waals surface area (Å²) in [4.78, 5) is 24.4. The van der Waals surface area contributed by atoms with Crippen LogP contribution < -0.4 is 0 Å². The van der Waals surface area contributed by atoms with E-state index < -0.39 is 5.97 Å². The second-order valence-electron chi connectivity index (χ2n) is 6.15. The molecule has 0 atom stereocenters. The molecule has 0 amide bonds. The molecule has 0 aromatic heterocycles. The highest BCUT2D eigenvalue weighted by Crippen LogP contribution is 2.37. The van der Waals surface area contributed by atoms with Crippen LogP contribution in [0.3, 0.4) is 0 Å². The van der Waals surface area contributed by atoms with E-state index in [0.29, 0.717) is 5.56 Å². The average Bonchev–Trinajstić information content (AvgIpc) is 3.00. The molecule has 3 aromatic carbocycles. The molecule has 0 saturated heterocycles. The van der Waals surface area contributed by atoms with E-state index in [1.807, 2.05) is 24.3 Å². The van der Waals surface area contributed by atoms with Gasteiger partial charge in [0.2, 0.25) is 0 Å². The molecule has 0 radical (unpaired) electrons. The molecule has 1 aliphatic carbocycles. The second-order valence-corrected chi connectivity index (χ2v) is 6.97. The van der Waals surface area contributed by atoms with Crippen molar-refractivity contribution in [1.29, 1.82) is 0 Å². The highest BCUT2D eigenvalue weighted by Gasteiger charge is 2.23. The summed E-state index contributed by atoms with van der Waals surface area (Å²) in [5, 5.41) is 9.64. The molecule has 4 rings (SSSR count). The van der Waals surface area contributed by atoms with Crippen LogP contribution in [-0.4, -0.2) is 16.9 Å². The zero-order chi connectivity index (χ0) is 18.4. The minimum atomic E-state index is -1.22. The molecule has 0 unspecified atom stereocenters. The van der Waals surface area contributed by atoms with Gasteiger partial charge in [-0.15, -0.1) is 0 Å². The normalized spacial score (nSPS) is 11.8. The summed E-state index contributed by atoms with van der Waals surface area (Å²) in [6, 6.07) is 16.1. The Balaban J connectivity index is 1.79. The third kappa shape index (κ3) is 2.70. The van der Waals surface area contributed by atoms with Gasteiger partial charge in [0, 0.05) is 11.1 Å². The highest BCUT2D eigenvalue weighted by atomic mass is 35.5. The monoisotopic (exact) mass is 382 g/mol. The van der Waals surface area contributed by atoms with Crippen LogP contribution in [0.25, 0.3) is 11.1 Å². The second kappa shape index (κ2) is 6.27. The molecule has 26 heavy (non-hydrogen) atoms. The number of hydrogen-bond donors (Lipinski definition) is 1. The molecule has 0 heterocycles. The predicted molar refractivity (Wildman–Crippen MR) is 102 cm³/mol. The standard InChI is InChI=1S/C21H12Cl2O3/c22-18-9-16(17(21(25)26)10-19(18)23)20(24)12-5-6-15-13(8-12)7-11-3-1-2-4-14(11)15/h1-6,8-10H,7H2,(H,25,26). The molecule has 1 N–H and O–H groups in total. The maximum Gasteiger partial charge on any atom is 0.336 e. The number of carbonyl (C=O) groups is 2. The van der Waals surface area contributed by atoms with Crippen molar-refractivity contribution < 1.29 is 14.7 Å². The van der Waals surface area contributed by atoms with Crippen molar-refractivity contribution in [3.05, 3.63) is 92.5 Å². The number of halogens is 2. The molecule has 0 saturated carbocycles. The number of carboxylic acid groups (broad SMARTS) is 1. The van der Waals surface area contributed by atoms with Crippen molar-refractivity contribution >= 4 is 35.0 Å². The van der Waals surface area contributed by atoms with E-state index in [2.05, 4.69) is 12.1 Å². The van der Waals surface area contributed by atoms with Crippen LogP contribution in [0, 0.1) is 0 Å². The number of carbonyl (C=O) groups excluding carboxylic acids is 1. The van der Waals surface area contributed by atoms with Crippen LogP contribution >= 0.6 is 23.2 Å². The molecule has 3 nitrogen and oxygen atoms in total. The molecule has 0 spiro atoms. The summed E-state index contributed by atoms with van der Waals surface area (Å²) in [6.45, 7) is 0. The van der Waals surface area contributed by atoms with E-state index in [4.69, 9.17) is 23.2 Å². The number of hydrogen-bond acceptors (Lipinski definition) is 2. The molecule has 0 bridgehead atoms. The predicted octanol–water partition coefficient (Wildman–Crippen LogP) is 5.49. The molecule has 0 aliphatic heterocycles. The van der Waals surface area contributed by atoms with Crippen molar-refractivity contribution in [2.45, 2.75) is 6.42 Å². The summed E-state index contributed by atoms with van der Waals surface area (Å²) in [7, 11) is 0. The van der Waals surface area contributed by atoms with Gasteiger partial charge in [-0.05, 0) is 46.9 Å². The van der Waals surface area contributed by atoms with Crippen molar-refractivity contribution in [3.8, 4) is 11.1 Å². The fourth-order valence-corrected chi connectivity index (χ4v) is 3.68. The van der Waals surface area contributed by atoms with Gasteiger partial charge in [-0.1, -0.05) is 59.6 Å². The van der Waals surface area contributed by atoms with E-state index in [1.165, 1.54) is 23.3 Å². The van der Waals surface area contributed by atoms with Gasteiger partial charge >= 0.3 is 5.97 Å². The van der Waals surface area contributed by atoms with Gasteiger partial charge in [-0.2, -0.15) is 0 Å². The van der Waals surface area contributed by atoms with Crippen molar-refractivity contribution in [2.75, 3.05) is 0 Å². The number of carboxylic acids is 1.